The fourth-order valence-electron chi connectivity index (χ4n) is 3.54. The lowest BCUT2D eigenvalue weighted by molar-refractivity contribution is -0.0521. The van der Waals surface area contributed by atoms with Gasteiger partial charge in [-0.2, -0.15) is 8.78 Å². The third-order valence-corrected chi connectivity index (χ3v) is 4.84. The summed E-state index contributed by atoms with van der Waals surface area (Å²) in [4.78, 5) is 0. The first-order valence-corrected chi connectivity index (χ1v) is 8.90. The van der Waals surface area contributed by atoms with E-state index in [9.17, 15) is 8.78 Å². The minimum absolute atomic E-state index is 0.0252. The van der Waals surface area contributed by atoms with Crippen molar-refractivity contribution < 1.29 is 23.0 Å². The van der Waals surface area contributed by atoms with Gasteiger partial charge in [-0.25, -0.2) is 4.68 Å². The largest absolute Gasteiger partial charge is 0.497 e. The van der Waals surface area contributed by atoms with Crippen LogP contribution in [0.5, 0.6) is 17.2 Å². The predicted octanol–water partition coefficient (Wildman–Crippen LogP) is 3.44. The highest BCUT2D eigenvalue weighted by Gasteiger charge is 2.34. The van der Waals surface area contributed by atoms with Crippen molar-refractivity contribution in [1.82, 2.24) is 20.2 Å². The average Bonchev–Trinajstić information content (AvgIpc) is 3.21. The summed E-state index contributed by atoms with van der Waals surface area (Å²) in [6.45, 7) is -2.99. The quantitative estimate of drug-likeness (QED) is 0.675. The molecule has 152 valence electrons. The van der Waals surface area contributed by atoms with Crippen LogP contribution >= 0.6 is 0 Å². The molecule has 0 aliphatic carbocycles. The molecule has 2 heterocycles. The smallest absolute Gasteiger partial charge is 0.387 e. The van der Waals surface area contributed by atoms with Crippen LogP contribution in [-0.4, -0.2) is 41.0 Å². The van der Waals surface area contributed by atoms with Crippen molar-refractivity contribution in [2.24, 2.45) is 0 Å². The lowest BCUT2D eigenvalue weighted by atomic mass is 9.92. The van der Waals surface area contributed by atoms with Crippen molar-refractivity contribution in [2.45, 2.75) is 25.1 Å². The molecule has 0 saturated heterocycles. The molecule has 2 aromatic carbocycles. The van der Waals surface area contributed by atoms with Gasteiger partial charge in [-0.1, -0.05) is 29.4 Å². The third-order valence-electron chi connectivity index (χ3n) is 4.84. The van der Waals surface area contributed by atoms with Gasteiger partial charge < -0.3 is 19.5 Å². The van der Waals surface area contributed by atoms with E-state index in [0.717, 1.165) is 5.56 Å². The summed E-state index contributed by atoms with van der Waals surface area (Å²) in [6, 6.07) is 12.0. The molecule has 1 aliphatic heterocycles. The predicted molar refractivity (Wildman–Crippen MR) is 99.6 cm³/mol. The normalized spacial score (nSPS) is 18.1. The first kappa shape index (κ1) is 18.9. The van der Waals surface area contributed by atoms with E-state index in [2.05, 4.69) is 20.8 Å². The monoisotopic (exact) mass is 403 g/mol. The molecular weight excluding hydrogens is 384 g/mol. The van der Waals surface area contributed by atoms with E-state index in [1.807, 2.05) is 24.3 Å². The number of ether oxygens (including phenoxy) is 3. The van der Waals surface area contributed by atoms with Crippen LogP contribution < -0.4 is 19.5 Å². The van der Waals surface area contributed by atoms with Gasteiger partial charge in [-0.3, -0.25) is 0 Å². The summed E-state index contributed by atoms with van der Waals surface area (Å²) in [5.74, 6) is 1.34. The molecule has 0 amide bonds. The second-order valence-corrected chi connectivity index (χ2v) is 6.43. The Morgan fingerprint density at radius 1 is 1.14 bits per heavy atom. The Hall–Kier alpha value is -3.43. The van der Waals surface area contributed by atoms with Gasteiger partial charge in [0, 0.05) is 5.56 Å². The number of hydrogen-bond donors (Lipinski definition) is 1. The molecule has 0 radical (unpaired) electrons. The second kappa shape index (κ2) is 7.90. The number of tetrazole rings is 1. The van der Waals surface area contributed by atoms with Gasteiger partial charge in [0.15, 0.2) is 11.5 Å². The first-order chi connectivity index (χ1) is 14.1. The minimum atomic E-state index is -2.99. The van der Waals surface area contributed by atoms with Crippen LogP contribution in [0.25, 0.3) is 0 Å². The van der Waals surface area contributed by atoms with Crippen LogP contribution in [-0.2, 0) is 0 Å². The molecule has 0 saturated carbocycles. The minimum Gasteiger partial charge on any atom is -0.497 e. The summed E-state index contributed by atoms with van der Waals surface area (Å²) in [5, 5.41) is 15.1. The van der Waals surface area contributed by atoms with E-state index >= 15 is 0 Å². The molecule has 0 spiro atoms. The molecule has 8 nitrogen and oxygen atoms in total. The topological polar surface area (TPSA) is 83.3 Å². The molecule has 10 heteroatoms. The zero-order valence-electron chi connectivity index (χ0n) is 15.8. The summed E-state index contributed by atoms with van der Waals surface area (Å²) < 4.78 is 43.1. The standard InChI is InChI=1S/C19H19F2N5O3/c1-27-12-6-3-5-11(9-12)14-10-15(26-19(22-14)23-24-25-26)13-7-4-8-16(28-2)17(13)29-18(20)21/h3-9,14-15,18H,10H2,1-2H3,(H,22,23,25)/t14-,15-/m1/s1. The number of fused-ring (bicyclic) bond motifs is 1. The van der Waals surface area contributed by atoms with Crippen molar-refractivity contribution in [3.8, 4) is 17.2 Å². The van der Waals surface area contributed by atoms with Gasteiger partial charge in [-0.15, -0.1) is 0 Å². The highest BCUT2D eigenvalue weighted by molar-refractivity contribution is 5.50. The number of nitrogens with zero attached hydrogens (tertiary/aromatic N) is 4. The van der Waals surface area contributed by atoms with Gasteiger partial charge >= 0.3 is 6.61 Å². The van der Waals surface area contributed by atoms with Crippen molar-refractivity contribution in [3.63, 3.8) is 0 Å². The molecule has 0 unspecified atom stereocenters. The van der Waals surface area contributed by atoms with Crippen LogP contribution in [0.1, 0.15) is 29.6 Å². The molecular formula is C19H19F2N5O3. The van der Waals surface area contributed by atoms with Crippen LogP contribution in [0, 0.1) is 0 Å². The molecule has 1 aromatic heterocycles. The average molecular weight is 403 g/mol. The molecule has 0 bridgehead atoms. The van der Waals surface area contributed by atoms with E-state index in [1.54, 1.807) is 30.0 Å². The number of hydrogen-bond acceptors (Lipinski definition) is 7. The first-order valence-electron chi connectivity index (χ1n) is 8.90. The molecule has 1 N–H and O–H groups in total. The van der Waals surface area contributed by atoms with Crippen molar-refractivity contribution in [3.05, 3.63) is 53.6 Å². The Morgan fingerprint density at radius 3 is 2.72 bits per heavy atom. The number of halogens is 2. The lowest BCUT2D eigenvalue weighted by Gasteiger charge is -2.32. The van der Waals surface area contributed by atoms with Gasteiger partial charge in [-0.05, 0) is 40.6 Å². The SMILES string of the molecule is COc1cccc([C@H]2C[C@H](c3cccc(OC)c3OC(F)F)n3nnnc3N2)c1. The van der Waals surface area contributed by atoms with Gasteiger partial charge in [0.2, 0.25) is 5.95 Å². The maximum atomic E-state index is 13.1. The van der Waals surface area contributed by atoms with E-state index in [0.29, 0.717) is 23.7 Å². The van der Waals surface area contributed by atoms with Gasteiger partial charge in [0.25, 0.3) is 0 Å². The fraction of sp³-hybridized carbons (Fsp3) is 0.316. The Morgan fingerprint density at radius 2 is 1.97 bits per heavy atom. The Kier molecular flexibility index (Phi) is 5.15. The van der Waals surface area contributed by atoms with Crippen LogP contribution in [0.3, 0.4) is 0 Å². The lowest BCUT2D eigenvalue weighted by Crippen LogP contribution is -2.28. The fourth-order valence-corrected chi connectivity index (χ4v) is 3.54. The van der Waals surface area contributed by atoms with Crippen LogP contribution in [0.2, 0.25) is 0 Å². The molecule has 3 aromatic rings. The van der Waals surface area contributed by atoms with Gasteiger partial charge in [0.1, 0.15) is 5.75 Å². The molecule has 29 heavy (non-hydrogen) atoms. The summed E-state index contributed by atoms with van der Waals surface area (Å²) in [6.07, 6.45) is 0.498. The van der Waals surface area contributed by atoms with Crippen LogP contribution in [0.15, 0.2) is 42.5 Å². The molecule has 4 rings (SSSR count). The molecule has 1 aliphatic rings. The number of rotatable bonds is 6. The number of alkyl halides is 2. The number of methoxy groups -OCH3 is 2. The van der Waals surface area contributed by atoms with E-state index < -0.39 is 12.7 Å². The Balaban J connectivity index is 1.77. The second-order valence-electron chi connectivity index (χ2n) is 6.43. The molecule has 0 fully saturated rings. The van der Waals surface area contributed by atoms with Crippen molar-refractivity contribution in [1.29, 1.82) is 0 Å². The maximum absolute atomic E-state index is 13.1. The Labute approximate surface area is 165 Å². The van der Waals surface area contributed by atoms with Crippen molar-refractivity contribution >= 4 is 5.95 Å². The van der Waals surface area contributed by atoms with E-state index in [-0.39, 0.29) is 17.5 Å². The van der Waals surface area contributed by atoms with Crippen molar-refractivity contribution in [2.75, 3.05) is 19.5 Å². The number of anilines is 1. The summed E-state index contributed by atoms with van der Waals surface area (Å²) in [7, 11) is 3.00. The molecule has 2 atom stereocenters. The number of aromatic nitrogens is 4. The summed E-state index contributed by atoms with van der Waals surface area (Å²) in [5.41, 5.74) is 1.47. The number of benzene rings is 2. The Bertz CT molecular complexity index is 997. The van der Waals surface area contributed by atoms with Crippen LogP contribution in [0.4, 0.5) is 14.7 Å². The maximum Gasteiger partial charge on any atom is 0.387 e. The highest BCUT2D eigenvalue weighted by Crippen LogP contribution is 2.44. The number of para-hydroxylation sites is 1. The zero-order valence-corrected chi connectivity index (χ0v) is 15.8. The zero-order chi connectivity index (χ0) is 20.4. The van der Waals surface area contributed by atoms with E-state index in [4.69, 9.17) is 14.2 Å². The van der Waals surface area contributed by atoms with Gasteiger partial charge in [0.05, 0.1) is 26.3 Å². The third kappa shape index (κ3) is 3.65. The number of nitrogens with one attached hydrogen (secondary N) is 1. The summed E-state index contributed by atoms with van der Waals surface area (Å²) >= 11 is 0. The van der Waals surface area contributed by atoms with E-state index in [1.165, 1.54) is 7.11 Å². The highest BCUT2D eigenvalue weighted by atomic mass is 19.3.